The van der Waals surface area contributed by atoms with Gasteiger partial charge >= 0.3 is 6.03 Å². The lowest BCUT2D eigenvalue weighted by molar-refractivity contribution is 0.243. The quantitative estimate of drug-likeness (QED) is 0.856. The van der Waals surface area contributed by atoms with Gasteiger partial charge in [0.25, 0.3) is 0 Å². The van der Waals surface area contributed by atoms with Crippen molar-refractivity contribution in [3.8, 4) is 5.75 Å². The van der Waals surface area contributed by atoms with Crippen LogP contribution in [0, 0.1) is 6.92 Å². The second-order valence-corrected chi connectivity index (χ2v) is 5.78. The molecule has 1 atom stereocenters. The van der Waals surface area contributed by atoms with Crippen molar-refractivity contribution in [1.29, 1.82) is 0 Å². The molecule has 6 nitrogen and oxygen atoms in total. The van der Waals surface area contributed by atoms with Gasteiger partial charge in [0.2, 0.25) is 0 Å². The Labute approximate surface area is 142 Å². The van der Waals surface area contributed by atoms with Gasteiger partial charge in [0, 0.05) is 24.6 Å². The zero-order valence-electron chi connectivity index (χ0n) is 14.5. The van der Waals surface area contributed by atoms with E-state index in [-0.39, 0.29) is 12.1 Å². The zero-order chi connectivity index (χ0) is 17.5. The largest absolute Gasteiger partial charge is 0.497 e. The number of benzene rings is 1. The van der Waals surface area contributed by atoms with Gasteiger partial charge in [-0.25, -0.2) is 4.79 Å². The molecule has 0 saturated carbocycles. The Hall–Kier alpha value is -2.60. The molecule has 0 aliphatic heterocycles. The molecule has 0 radical (unpaired) electrons. The molecule has 0 aliphatic carbocycles. The molecule has 1 aromatic carbocycles. The Bertz CT molecular complexity index is 688. The van der Waals surface area contributed by atoms with E-state index in [1.54, 1.807) is 25.6 Å². The molecule has 0 spiro atoms. The first-order chi connectivity index (χ1) is 11.5. The van der Waals surface area contributed by atoms with Gasteiger partial charge in [0.1, 0.15) is 5.75 Å². The maximum Gasteiger partial charge on any atom is 0.319 e. The van der Waals surface area contributed by atoms with Crippen molar-refractivity contribution in [3.05, 3.63) is 53.9 Å². The minimum atomic E-state index is -0.237. The standard InChI is InChI=1S/C18H24N4O2/c1-13-11-19-9-8-16(13)21-18(23)20-12-17(22(2)3)14-6-5-7-15(10-14)24-4/h5-11,17H,12H2,1-4H3,(H2,19,20,21,23)/t17-/m1/s1. The summed E-state index contributed by atoms with van der Waals surface area (Å²) in [7, 11) is 5.61. The molecule has 1 aromatic heterocycles. The van der Waals surface area contributed by atoms with Crippen molar-refractivity contribution in [2.45, 2.75) is 13.0 Å². The summed E-state index contributed by atoms with van der Waals surface area (Å²) >= 11 is 0. The van der Waals surface area contributed by atoms with Crippen LogP contribution in [0.5, 0.6) is 5.75 Å². The number of urea groups is 1. The number of aromatic nitrogens is 1. The lowest BCUT2D eigenvalue weighted by atomic mass is 10.1. The average molecular weight is 328 g/mol. The number of aryl methyl sites for hydroxylation is 1. The number of methoxy groups -OCH3 is 1. The average Bonchev–Trinajstić information content (AvgIpc) is 2.57. The van der Waals surface area contributed by atoms with Gasteiger partial charge in [-0.05, 0) is 50.3 Å². The third-order valence-electron chi connectivity index (χ3n) is 3.83. The minimum absolute atomic E-state index is 0.0457. The maximum absolute atomic E-state index is 12.2. The zero-order valence-corrected chi connectivity index (χ0v) is 14.5. The number of amides is 2. The molecule has 24 heavy (non-hydrogen) atoms. The second kappa shape index (κ2) is 8.31. The lowest BCUT2D eigenvalue weighted by Crippen LogP contribution is -2.37. The summed E-state index contributed by atoms with van der Waals surface area (Å²) in [5.41, 5.74) is 2.76. The van der Waals surface area contributed by atoms with Crippen molar-refractivity contribution in [3.63, 3.8) is 0 Å². The predicted molar refractivity (Wildman–Crippen MR) is 95.4 cm³/mol. The number of hydrogen-bond donors (Lipinski definition) is 2. The Morgan fingerprint density at radius 2 is 2.12 bits per heavy atom. The van der Waals surface area contributed by atoms with Gasteiger partial charge in [-0.3, -0.25) is 4.98 Å². The van der Waals surface area contributed by atoms with E-state index in [4.69, 9.17) is 4.74 Å². The third-order valence-corrected chi connectivity index (χ3v) is 3.83. The van der Waals surface area contributed by atoms with Gasteiger partial charge < -0.3 is 20.3 Å². The summed E-state index contributed by atoms with van der Waals surface area (Å²) in [6.45, 7) is 2.39. The lowest BCUT2D eigenvalue weighted by Gasteiger charge is -2.25. The van der Waals surface area contributed by atoms with Gasteiger partial charge in [0.05, 0.1) is 13.2 Å². The van der Waals surface area contributed by atoms with Gasteiger partial charge in [-0.1, -0.05) is 12.1 Å². The number of hydrogen-bond acceptors (Lipinski definition) is 4. The van der Waals surface area contributed by atoms with Crippen molar-refractivity contribution < 1.29 is 9.53 Å². The molecule has 2 rings (SSSR count). The summed E-state index contributed by atoms with van der Waals surface area (Å²) in [4.78, 5) is 18.2. The predicted octanol–water partition coefficient (Wildman–Crippen LogP) is 2.82. The number of rotatable bonds is 6. The smallest absolute Gasteiger partial charge is 0.319 e. The number of anilines is 1. The van der Waals surface area contributed by atoms with Crippen LogP contribution >= 0.6 is 0 Å². The summed E-state index contributed by atoms with van der Waals surface area (Å²) in [6, 6.07) is 9.45. The van der Waals surface area contributed by atoms with E-state index < -0.39 is 0 Å². The molecule has 0 fully saturated rings. The normalized spacial score (nSPS) is 11.9. The van der Waals surface area contributed by atoms with Gasteiger partial charge in [-0.2, -0.15) is 0 Å². The SMILES string of the molecule is COc1cccc([C@@H](CNC(=O)Nc2ccncc2C)N(C)C)c1. The highest BCUT2D eigenvalue weighted by atomic mass is 16.5. The number of ether oxygens (including phenoxy) is 1. The van der Waals surface area contributed by atoms with Crippen LogP contribution in [0.3, 0.4) is 0 Å². The molecule has 2 aromatic rings. The van der Waals surface area contributed by atoms with E-state index in [0.29, 0.717) is 6.54 Å². The molecule has 2 amide bonds. The molecule has 0 saturated heterocycles. The molecular weight excluding hydrogens is 304 g/mol. The summed E-state index contributed by atoms with van der Waals surface area (Å²) in [6.07, 6.45) is 3.37. The first kappa shape index (κ1) is 17.7. The number of likely N-dealkylation sites (N-methyl/N-ethyl adjacent to an activating group) is 1. The van der Waals surface area contributed by atoms with E-state index >= 15 is 0 Å². The Kier molecular flexibility index (Phi) is 6.14. The molecule has 6 heteroatoms. The fourth-order valence-corrected chi connectivity index (χ4v) is 2.42. The van der Waals surface area contributed by atoms with E-state index in [0.717, 1.165) is 22.6 Å². The summed E-state index contributed by atoms with van der Waals surface area (Å²) < 4.78 is 5.28. The monoisotopic (exact) mass is 328 g/mol. The van der Waals surface area contributed by atoms with Gasteiger partial charge in [-0.15, -0.1) is 0 Å². The topological polar surface area (TPSA) is 66.5 Å². The van der Waals surface area contributed by atoms with Crippen LogP contribution in [0.1, 0.15) is 17.2 Å². The summed E-state index contributed by atoms with van der Waals surface area (Å²) in [5.74, 6) is 0.802. The van der Waals surface area contributed by atoms with E-state index in [2.05, 4.69) is 20.5 Å². The third kappa shape index (κ3) is 4.70. The Balaban J connectivity index is 2.01. The summed E-state index contributed by atoms with van der Waals surface area (Å²) in [5, 5.41) is 5.77. The van der Waals surface area contributed by atoms with E-state index in [1.165, 1.54) is 0 Å². The van der Waals surface area contributed by atoms with Crippen molar-refractivity contribution >= 4 is 11.7 Å². The van der Waals surface area contributed by atoms with E-state index in [9.17, 15) is 4.79 Å². The number of nitrogens with zero attached hydrogens (tertiary/aromatic N) is 2. The first-order valence-electron chi connectivity index (χ1n) is 7.77. The van der Waals surface area contributed by atoms with Crippen LogP contribution < -0.4 is 15.4 Å². The Morgan fingerprint density at radius 1 is 1.33 bits per heavy atom. The van der Waals surface area contributed by atoms with Crippen molar-refractivity contribution in [2.75, 3.05) is 33.1 Å². The van der Waals surface area contributed by atoms with Crippen LogP contribution in [0.4, 0.5) is 10.5 Å². The second-order valence-electron chi connectivity index (χ2n) is 5.78. The minimum Gasteiger partial charge on any atom is -0.497 e. The Morgan fingerprint density at radius 3 is 2.79 bits per heavy atom. The van der Waals surface area contributed by atoms with Gasteiger partial charge in [0.15, 0.2) is 0 Å². The van der Waals surface area contributed by atoms with Crippen molar-refractivity contribution in [1.82, 2.24) is 15.2 Å². The van der Waals surface area contributed by atoms with Crippen LogP contribution in [0.25, 0.3) is 0 Å². The van der Waals surface area contributed by atoms with E-state index in [1.807, 2.05) is 45.3 Å². The van der Waals surface area contributed by atoms with Crippen LogP contribution in [-0.4, -0.2) is 43.7 Å². The number of carbonyl (C=O) groups excluding carboxylic acids is 1. The highest BCUT2D eigenvalue weighted by molar-refractivity contribution is 5.89. The van der Waals surface area contributed by atoms with Crippen LogP contribution in [0.2, 0.25) is 0 Å². The number of carbonyl (C=O) groups is 1. The maximum atomic E-state index is 12.2. The van der Waals surface area contributed by atoms with Crippen LogP contribution in [0.15, 0.2) is 42.7 Å². The van der Waals surface area contributed by atoms with Crippen LogP contribution in [-0.2, 0) is 0 Å². The molecule has 0 aliphatic rings. The molecule has 128 valence electrons. The highest BCUT2D eigenvalue weighted by Crippen LogP contribution is 2.22. The molecule has 1 heterocycles. The fourth-order valence-electron chi connectivity index (χ4n) is 2.42. The number of nitrogens with one attached hydrogen (secondary N) is 2. The molecular formula is C18H24N4O2. The molecule has 0 unspecified atom stereocenters. The fraction of sp³-hybridized carbons (Fsp3) is 0.333. The molecule has 2 N–H and O–H groups in total. The number of pyridine rings is 1. The van der Waals surface area contributed by atoms with Crippen molar-refractivity contribution in [2.24, 2.45) is 0 Å². The molecule has 0 bridgehead atoms. The first-order valence-corrected chi connectivity index (χ1v) is 7.77. The highest BCUT2D eigenvalue weighted by Gasteiger charge is 2.16.